The van der Waals surface area contributed by atoms with Gasteiger partial charge in [0.05, 0.1) is 0 Å². The molecule has 0 spiro atoms. The van der Waals surface area contributed by atoms with Gasteiger partial charge in [0.15, 0.2) is 5.11 Å². The highest BCUT2D eigenvalue weighted by Crippen LogP contribution is 2.17. The summed E-state index contributed by atoms with van der Waals surface area (Å²) in [6.07, 6.45) is 0. The van der Waals surface area contributed by atoms with E-state index in [1.54, 1.807) is 0 Å². The molecule has 0 aliphatic rings. The Hall–Kier alpha value is -2.81. The van der Waals surface area contributed by atoms with Crippen LogP contribution in [0.3, 0.4) is 0 Å². The van der Waals surface area contributed by atoms with Crippen LogP contribution in [0.1, 0.15) is 10.4 Å². The van der Waals surface area contributed by atoms with Gasteiger partial charge in [-0.25, -0.2) is 4.39 Å². The first-order valence-corrected chi connectivity index (χ1v) is 7.02. The van der Waals surface area contributed by atoms with Crippen molar-refractivity contribution >= 4 is 28.9 Å². The molecule has 0 fully saturated rings. The zero-order valence-electron chi connectivity index (χ0n) is 12.1. The molecule has 3 N–H and O–H groups in total. The number of rotatable bonds is 4. The van der Waals surface area contributed by atoms with E-state index in [2.05, 4.69) is 20.9 Å². The highest BCUT2D eigenvalue weighted by atomic mass is 32.1. The lowest BCUT2D eigenvalue weighted by Gasteiger charge is -2.12. The lowest BCUT2D eigenvalue weighted by Crippen LogP contribution is -2.43. The number of hydrogen-bond acceptors (Lipinski definition) is 3. The first-order valence-electron chi connectivity index (χ1n) is 6.62. The van der Waals surface area contributed by atoms with E-state index < -0.39 is 18.3 Å². The number of halogens is 3. The van der Waals surface area contributed by atoms with Crippen LogP contribution in [0.5, 0.6) is 5.75 Å². The number of nitrogens with one attached hydrogen (secondary N) is 3. The molecule has 1 amide bonds. The first kappa shape index (κ1) is 17.5. The molecule has 2 aromatic rings. The monoisotopic (exact) mass is 355 g/mol. The Bertz CT molecular complexity index is 709. The minimum Gasteiger partial charge on any atom is -0.435 e. The second kappa shape index (κ2) is 8.16. The number of alkyl halides is 2. The van der Waals surface area contributed by atoms with Crippen molar-refractivity contribution in [3.63, 3.8) is 0 Å². The van der Waals surface area contributed by atoms with Gasteiger partial charge in [0, 0.05) is 11.3 Å². The van der Waals surface area contributed by atoms with Crippen molar-refractivity contribution in [3.05, 3.63) is 59.9 Å². The maximum Gasteiger partial charge on any atom is 0.387 e. The van der Waals surface area contributed by atoms with Crippen molar-refractivity contribution < 1.29 is 22.7 Å². The average Bonchev–Trinajstić information content (AvgIpc) is 2.54. The standard InChI is InChI=1S/C15H12F3N3O2S/c16-10-3-1-9(2-4-10)13(22)20-21-15(24)19-11-5-7-12(8-6-11)23-14(17)18/h1-8,14H,(H,20,22)(H2,19,21,24). The molecule has 0 heterocycles. The molecule has 0 aliphatic heterocycles. The molecule has 0 aliphatic carbocycles. The molecule has 0 unspecified atom stereocenters. The quantitative estimate of drug-likeness (QED) is 0.581. The summed E-state index contributed by atoms with van der Waals surface area (Å²) in [6.45, 7) is -2.90. The predicted octanol–water partition coefficient (Wildman–Crippen LogP) is 3.06. The lowest BCUT2D eigenvalue weighted by atomic mass is 10.2. The molecule has 5 nitrogen and oxygen atoms in total. The zero-order valence-corrected chi connectivity index (χ0v) is 12.9. The van der Waals surface area contributed by atoms with Gasteiger partial charge >= 0.3 is 6.61 Å². The largest absolute Gasteiger partial charge is 0.435 e. The first-order chi connectivity index (χ1) is 11.4. The van der Waals surface area contributed by atoms with Crippen LogP contribution in [0.2, 0.25) is 0 Å². The Morgan fingerprint density at radius 2 is 1.62 bits per heavy atom. The van der Waals surface area contributed by atoms with Gasteiger partial charge in [-0.1, -0.05) is 0 Å². The Morgan fingerprint density at radius 1 is 1.00 bits per heavy atom. The number of thiocarbonyl (C=S) groups is 1. The molecule has 0 atom stereocenters. The number of carbonyl (C=O) groups excluding carboxylic acids is 1. The number of anilines is 1. The molecule has 2 aromatic carbocycles. The van der Waals surface area contributed by atoms with Gasteiger partial charge in [0.1, 0.15) is 11.6 Å². The summed E-state index contributed by atoms with van der Waals surface area (Å²) in [7, 11) is 0. The van der Waals surface area contributed by atoms with Crippen LogP contribution < -0.4 is 20.9 Å². The predicted molar refractivity (Wildman–Crippen MR) is 86.3 cm³/mol. The van der Waals surface area contributed by atoms with Crippen molar-refractivity contribution in [3.8, 4) is 5.75 Å². The number of benzene rings is 2. The minimum atomic E-state index is -2.90. The smallest absolute Gasteiger partial charge is 0.387 e. The molecule has 0 saturated carbocycles. The van der Waals surface area contributed by atoms with Gasteiger partial charge in [-0.2, -0.15) is 8.78 Å². The molecule has 0 saturated heterocycles. The molecule has 24 heavy (non-hydrogen) atoms. The molecular formula is C15H12F3N3O2S. The number of carbonyl (C=O) groups is 1. The van der Waals surface area contributed by atoms with Crippen LogP contribution in [-0.2, 0) is 0 Å². The highest BCUT2D eigenvalue weighted by Gasteiger charge is 2.07. The summed E-state index contributed by atoms with van der Waals surface area (Å²) in [5.41, 5.74) is 5.56. The summed E-state index contributed by atoms with van der Waals surface area (Å²) < 4.78 is 41.1. The maximum absolute atomic E-state index is 12.8. The molecule has 0 bridgehead atoms. The van der Waals surface area contributed by atoms with E-state index in [9.17, 15) is 18.0 Å². The summed E-state index contributed by atoms with van der Waals surface area (Å²) in [5.74, 6) is -0.935. The van der Waals surface area contributed by atoms with Crippen LogP contribution in [0.15, 0.2) is 48.5 Å². The summed E-state index contributed by atoms with van der Waals surface area (Å²) >= 11 is 4.98. The second-order valence-electron chi connectivity index (χ2n) is 4.44. The van der Waals surface area contributed by atoms with Crippen LogP contribution >= 0.6 is 12.2 Å². The van der Waals surface area contributed by atoms with Gasteiger partial charge in [0.25, 0.3) is 5.91 Å². The van der Waals surface area contributed by atoms with Crippen LogP contribution in [-0.4, -0.2) is 17.6 Å². The van der Waals surface area contributed by atoms with Crippen LogP contribution in [0.4, 0.5) is 18.9 Å². The van der Waals surface area contributed by atoms with Gasteiger partial charge < -0.3 is 10.1 Å². The fourth-order valence-electron chi connectivity index (χ4n) is 1.67. The molecule has 0 aromatic heterocycles. The van der Waals surface area contributed by atoms with Crippen LogP contribution in [0.25, 0.3) is 0 Å². The molecule has 126 valence electrons. The van der Waals surface area contributed by atoms with Crippen molar-refractivity contribution in [1.29, 1.82) is 0 Å². The molecule has 2 rings (SSSR count). The van der Waals surface area contributed by atoms with E-state index in [1.165, 1.54) is 36.4 Å². The topological polar surface area (TPSA) is 62.4 Å². The number of hydrogen-bond donors (Lipinski definition) is 3. The zero-order chi connectivity index (χ0) is 17.5. The second-order valence-corrected chi connectivity index (χ2v) is 4.85. The molecule has 0 radical (unpaired) electrons. The van der Waals surface area contributed by atoms with E-state index in [0.717, 1.165) is 12.1 Å². The van der Waals surface area contributed by atoms with Gasteiger partial charge in [0.2, 0.25) is 0 Å². The number of hydrazine groups is 1. The Kier molecular flexibility index (Phi) is 5.96. The van der Waals surface area contributed by atoms with Crippen molar-refractivity contribution in [2.75, 3.05) is 5.32 Å². The number of ether oxygens (including phenoxy) is 1. The number of amides is 1. The van der Waals surface area contributed by atoms with E-state index in [-0.39, 0.29) is 16.4 Å². The maximum atomic E-state index is 12.8. The van der Waals surface area contributed by atoms with Gasteiger partial charge in [-0.3, -0.25) is 15.6 Å². The third-order valence-electron chi connectivity index (χ3n) is 2.73. The normalized spacial score (nSPS) is 10.2. The summed E-state index contributed by atoms with van der Waals surface area (Å²) in [6, 6.07) is 10.6. The fourth-order valence-corrected chi connectivity index (χ4v) is 1.84. The summed E-state index contributed by atoms with van der Waals surface area (Å²) in [5, 5.41) is 2.82. The Morgan fingerprint density at radius 3 is 2.21 bits per heavy atom. The van der Waals surface area contributed by atoms with Crippen molar-refractivity contribution in [1.82, 2.24) is 10.9 Å². The summed E-state index contributed by atoms with van der Waals surface area (Å²) in [4.78, 5) is 11.8. The fraction of sp³-hybridized carbons (Fsp3) is 0.0667. The Labute approximate surface area is 140 Å². The van der Waals surface area contributed by atoms with E-state index >= 15 is 0 Å². The minimum absolute atomic E-state index is 0.0130. The Balaban J connectivity index is 1.82. The van der Waals surface area contributed by atoms with Crippen LogP contribution in [0, 0.1) is 5.82 Å². The van der Waals surface area contributed by atoms with Gasteiger partial charge in [-0.05, 0) is 60.7 Å². The SMILES string of the molecule is O=C(NNC(=S)Nc1ccc(OC(F)F)cc1)c1ccc(F)cc1. The lowest BCUT2D eigenvalue weighted by molar-refractivity contribution is -0.0498. The highest BCUT2D eigenvalue weighted by molar-refractivity contribution is 7.80. The van der Waals surface area contributed by atoms with E-state index in [0.29, 0.717) is 5.69 Å². The third kappa shape index (κ3) is 5.43. The van der Waals surface area contributed by atoms with Gasteiger partial charge in [-0.15, -0.1) is 0 Å². The molecule has 9 heteroatoms. The van der Waals surface area contributed by atoms with E-state index in [4.69, 9.17) is 12.2 Å². The molecular weight excluding hydrogens is 343 g/mol. The average molecular weight is 355 g/mol. The van der Waals surface area contributed by atoms with Crippen molar-refractivity contribution in [2.24, 2.45) is 0 Å². The van der Waals surface area contributed by atoms with E-state index in [1.807, 2.05) is 0 Å². The third-order valence-corrected chi connectivity index (χ3v) is 2.94. The van der Waals surface area contributed by atoms with Crippen molar-refractivity contribution in [2.45, 2.75) is 6.61 Å².